The summed E-state index contributed by atoms with van der Waals surface area (Å²) in [6, 6.07) is -0.290. The lowest BCUT2D eigenvalue weighted by atomic mass is 9.96. The van der Waals surface area contributed by atoms with Gasteiger partial charge in [-0.3, -0.25) is 0 Å². The van der Waals surface area contributed by atoms with E-state index in [1.165, 1.54) is 11.5 Å². The zero-order valence-corrected chi connectivity index (χ0v) is 11.0. The van der Waals surface area contributed by atoms with E-state index in [9.17, 15) is 5.11 Å². The van der Waals surface area contributed by atoms with E-state index in [0.717, 1.165) is 11.0 Å². The molecule has 1 heterocycles. The minimum absolute atomic E-state index is 0.0389. The van der Waals surface area contributed by atoms with Crippen molar-refractivity contribution in [1.29, 1.82) is 0 Å². The fourth-order valence-corrected chi connectivity index (χ4v) is 1.74. The van der Waals surface area contributed by atoms with Gasteiger partial charge in [-0.15, -0.1) is 0 Å². The molecule has 0 saturated heterocycles. The van der Waals surface area contributed by atoms with Gasteiger partial charge in [0, 0.05) is 29.5 Å². The third-order valence-corrected chi connectivity index (χ3v) is 2.88. The van der Waals surface area contributed by atoms with Gasteiger partial charge in [0.2, 0.25) is 5.13 Å². The van der Waals surface area contributed by atoms with Crippen molar-refractivity contribution in [2.75, 3.05) is 11.9 Å². The Balaban J connectivity index is 2.53. The summed E-state index contributed by atoms with van der Waals surface area (Å²) in [5.74, 6) is 0.825. The largest absolute Gasteiger partial charge is 0.392 e. The molecule has 16 heavy (non-hydrogen) atoms. The van der Waals surface area contributed by atoms with Crippen molar-refractivity contribution >= 4 is 16.7 Å². The third kappa shape index (κ3) is 3.70. The highest BCUT2D eigenvalue weighted by atomic mass is 32.1. The van der Waals surface area contributed by atoms with Crippen LogP contribution in [0.2, 0.25) is 0 Å². The monoisotopic (exact) mass is 244 g/mol. The molecule has 0 aliphatic heterocycles. The van der Waals surface area contributed by atoms with Crippen molar-refractivity contribution in [3.8, 4) is 0 Å². The first-order valence-electron chi connectivity index (χ1n) is 5.32. The normalized spacial score (nSPS) is 15.9. The number of aromatic nitrogens is 2. The Hall–Kier alpha value is -0.720. The topological polar surface area (TPSA) is 84.1 Å². The van der Waals surface area contributed by atoms with Crippen LogP contribution in [-0.4, -0.2) is 33.2 Å². The summed E-state index contributed by atoms with van der Waals surface area (Å²) in [5, 5.41) is 13.1. The maximum absolute atomic E-state index is 9.24. The van der Waals surface area contributed by atoms with Gasteiger partial charge in [0.25, 0.3) is 0 Å². The Morgan fingerprint density at radius 2 is 2.12 bits per heavy atom. The van der Waals surface area contributed by atoms with Gasteiger partial charge in [0.1, 0.15) is 5.82 Å². The van der Waals surface area contributed by atoms with Crippen molar-refractivity contribution in [3.05, 3.63) is 5.82 Å². The molecule has 92 valence electrons. The van der Waals surface area contributed by atoms with E-state index < -0.39 is 6.10 Å². The Bertz CT molecular complexity index is 332. The fraction of sp³-hybridized carbons (Fsp3) is 0.800. The molecule has 0 amide bonds. The first kappa shape index (κ1) is 13.3. The van der Waals surface area contributed by atoms with Gasteiger partial charge in [-0.1, -0.05) is 20.8 Å². The number of nitrogens with zero attached hydrogens (tertiary/aromatic N) is 2. The van der Waals surface area contributed by atoms with Crippen LogP contribution in [0.5, 0.6) is 0 Å². The summed E-state index contributed by atoms with van der Waals surface area (Å²) < 4.78 is 4.27. The van der Waals surface area contributed by atoms with Crippen LogP contribution in [-0.2, 0) is 5.41 Å². The lowest BCUT2D eigenvalue weighted by molar-refractivity contribution is 0.168. The highest BCUT2D eigenvalue weighted by Gasteiger charge is 2.19. The number of aliphatic hydroxyl groups excluding tert-OH is 1. The molecule has 4 N–H and O–H groups in total. The van der Waals surface area contributed by atoms with Crippen LogP contribution in [0.25, 0.3) is 0 Å². The van der Waals surface area contributed by atoms with E-state index in [2.05, 4.69) is 35.4 Å². The lowest BCUT2D eigenvalue weighted by Gasteiger charge is -2.14. The molecule has 1 aromatic rings. The summed E-state index contributed by atoms with van der Waals surface area (Å²) in [6.45, 7) is 8.38. The first-order valence-corrected chi connectivity index (χ1v) is 6.09. The van der Waals surface area contributed by atoms with Crippen LogP contribution in [0.3, 0.4) is 0 Å². The average molecular weight is 244 g/mol. The predicted molar refractivity (Wildman–Crippen MR) is 66.8 cm³/mol. The van der Waals surface area contributed by atoms with Crippen molar-refractivity contribution in [1.82, 2.24) is 9.36 Å². The number of anilines is 1. The number of rotatable bonds is 4. The van der Waals surface area contributed by atoms with E-state index in [-0.39, 0.29) is 11.5 Å². The van der Waals surface area contributed by atoms with Gasteiger partial charge in [0.15, 0.2) is 0 Å². The first-order chi connectivity index (χ1) is 7.30. The van der Waals surface area contributed by atoms with Crippen LogP contribution in [0.15, 0.2) is 0 Å². The molecule has 0 spiro atoms. The summed E-state index contributed by atoms with van der Waals surface area (Å²) in [7, 11) is 0. The second kappa shape index (κ2) is 5.07. The van der Waals surface area contributed by atoms with Crippen LogP contribution < -0.4 is 11.1 Å². The van der Waals surface area contributed by atoms with Crippen molar-refractivity contribution in [2.24, 2.45) is 5.73 Å². The minimum atomic E-state index is -0.525. The number of hydrogen-bond donors (Lipinski definition) is 3. The van der Waals surface area contributed by atoms with E-state index in [1.54, 1.807) is 6.92 Å². The van der Waals surface area contributed by atoms with Crippen molar-refractivity contribution in [2.45, 2.75) is 45.3 Å². The smallest absolute Gasteiger partial charge is 0.202 e. The molecule has 1 rings (SSSR count). The molecule has 6 heteroatoms. The Labute approximate surface area is 100 Å². The van der Waals surface area contributed by atoms with Gasteiger partial charge in [-0.05, 0) is 6.92 Å². The summed E-state index contributed by atoms with van der Waals surface area (Å²) in [5.41, 5.74) is 5.66. The summed E-state index contributed by atoms with van der Waals surface area (Å²) in [4.78, 5) is 4.37. The van der Waals surface area contributed by atoms with Crippen molar-refractivity contribution < 1.29 is 5.11 Å². The van der Waals surface area contributed by atoms with Gasteiger partial charge >= 0.3 is 0 Å². The molecule has 0 radical (unpaired) electrons. The third-order valence-electron chi connectivity index (χ3n) is 2.21. The number of nitrogens with two attached hydrogens (primary N) is 1. The molecule has 0 fully saturated rings. The number of nitrogens with one attached hydrogen (secondary N) is 1. The molecule has 0 aromatic carbocycles. The highest BCUT2D eigenvalue weighted by molar-refractivity contribution is 7.09. The Kier molecular flexibility index (Phi) is 4.23. The molecule has 0 bridgehead atoms. The molecule has 0 saturated carbocycles. The molecular weight excluding hydrogens is 224 g/mol. The van der Waals surface area contributed by atoms with E-state index in [0.29, 0.717) is 6.54 Å². The molecule has 5 nitrogen and oxygen atoms in total. The Morgan fingerprint density at radius 3 is 2.56 bits per heavy atom. The second-order valence-corrected chi connectivity index (χ2v) is 5.71. The minimum Gasteiger partial charge on any atom is -0.392 e. The van der Waals surface area contributed by atoms with Crippen LogP contribution in [0.1, 0.15) is 33.5 Å². The Morgan fingerprint density at radius 1 is 1.50 bits per heavy atom. The van der Waals surface area contributed by atoms with E-state index in [1.807, 2.05) is 0 Å². The van der Waals surface area contributed by atoms with Crippen molar-refractivity contribution in [3.63, 3.8) is 0 Å². The van der Waals surface area contributed by atoms with Crippen LogP contribution in [0, 0.1) is 0 Å². The predicted octanol–water partition coefficient (Wildman–Crippen LogP) is 0.956. The van der Waals surface area contributed by atoms with E-state index in [4.69, 9.17) is 5.73 Å². The molecule has 0 aliphatic rings. The van der Waals surface area contributed by atoms with E-state index >= 15 is 0 Å². The van der Waals surface area contributed by atoms with Gasteiger partial charge < -0.3 is 16.2 Å². The van der Waals surface area contributed by atoms with Crippen LogP contribution in [0.4, 0.5) is 5.13 Å². The fourth-order valence-electron chi connectivity index (χ4n) is 0.976. The standard InChI is InChI=1S/C10H20N4OS/c1-6(15)7(11)5-12-9-13-8(14-16-9)10(2,3)4/h6-7,15H,5,11H2,1-4H3,(H,12,13,14). The lowest BCUT2D eigenvalue weighted by Crippen LogP contribution is -2.38. The highest BCUT2D eigenvalue weighted by Crippen LogP contribution is 2.22. The summed E-state index contributed by atoms with van der Waals surface area (Å²) >= 11 is 1.32. The molecule has 1 aromatic heterocycles. The second-order valence-electron chi connectivity index (χ2n) is 4.96. The maximum Gasteiger partial charge on any atom is 0.202 e. The maximum atomic E-state index is 9.24. The van der Waals surface area contributed by atoms with Gasteiger partial charge in [0.05, 0.1) is 6.10 Å². The number of hydrogen-bond acceptors (Lipinski definition) is 6. The average Bonchev–Trinajstić information content (AvgIpc) is 2.61. The van der Waals surface area contributed by atoms with Crippen LogP contribution >= 0.6 is 11.5 Å². The zero-order valence-electron chi connectivity index (χ0n) is 10.2. The quantitative estimate of drug-likeness (QED) is 0.734. The molecule has 2 unspecified atom stereocenters. The zero-order chi connectivity index (χ0) is 12.3. The molecule has 2 atom stereocenters. The number of aliphatic hydroxyl groups is 1. The van der Waals surface area contributed by atoms with Gasteiger partial charge in [-0.2, -0.15) is 4.37 Å². The molecular formula is C10H20N4OS. The molecule has 0 aliphatic carbocycles. The van der Waals surface area contributed by atoms with Gasteiger partial charge in [-0.25, -0.2) is 4.98 Å². The SMILES string of the molecule is CC(O)C(N)CNc1nc(C(C)(C)C)ns1. The summed E-state index contributed by atoms with van der Waals surface area (Å²) in [6.07, 6.45) is -0.525.